The molecule has 0 aliphatic carbocycles. The molecule has 0 aromatic heterocycles. The van der Waals surface area contributed by atoms with Gasteiger partial charge in [0.1, 0.15) is 11.3 Å². The lowest BCUT2D eigenvalue weighted by molar-refractivity contribution is -0.143. The van der Waals surface area contributed by atoms with Crippen LogP contribution in [0, 0.1) is 0 Å². The van der Waals surface area contributed by atoms with Crippen LogP contribution in [0.4, 0.5) is 5.69 Å². The lowest BCUT2D eigenvalue weighted by Crippen LogP contribution is -2.56. The molecule has 2 atom stereocenters. The smallest absolute Gasteiger partial charge is 0.325 e. The minimum Gasteiger partial charge on any atom is -0.494 e. The summed E-state index contributed by atoms with van der Waals surface area (Å²) >= 11 is 0. The van der Waals surface area contributed by atoms with E-state index >= 15 is 0 Å². The molecule has 142 valence electrons. The van der Waals surface area contributed by atoms with E-state index in [-0.39, 0.29) is 6.04 Å². The van der Waals surface area contributed by atoms with Crippen molar-refractivity contribution < 1.29 is 14.6 Å². The number of anilines is 1. The molecule has 2 unspecified atom stereocenters. The average Bonchev–Trinajstić information content (AvgIpc) is 3.27. The van der Waals surface area contributed by atoms with Crippen LogP contribution in [0.25, 0.3) is 0 Å². The molecule has 1 aromatic carbocycles. The van der Waals surface area contributed by atoms with Gasteiger partial charge in [-0.1, -0.05) is 6.42 Å². The first-order valence-corrected chi connectivity index (χ1v) is 9.87. The largest absolute Gasteiger partial charge is 0.494 e. The molecule has 0 radical (unpaired) electrons. The number of benzene rings is 1. The van der Waals surface area contributed by atoms with Crippen LogP contribution in [-0.4, -0.2) is 66.9 Å². The number of likely N-dealkylation sites (tertiary alicyclic amines) is 1. The normalized spacial score (nSPS) is 28.5. The van der Waals surface area contributed by atoms with Crippen molar-refractivity contribution in [3.8, 4) is 5.75 Å². The number of carbonyl (C=O) groups is 1. The summed E-state index contributed by atoms with van der Waals surface area (Å²) in [6, 6.07) is 8.38. The molecule has 3 fully saturated rings. The van der Waals surface area contributed by atoms with Gasteiger partial charge in [0.2, 0.25) is 0 Å². The fourth-order valence-electron chi connectivity index (χ4n) is 4.55. The molecule has 6 heteroatoms. The summed E-state index contributed by atoms with van der Waals surface area (Å²) in [4.78, 5) is 16.3. The van der Waals surface area contributed by atoms with Crippen molar-refractivity contribution in [1.82, 2.24) is 10.2 Å². The summed E-state index contributed by atoms with van der Waals surface area (Å²) in [6.07, 6.45) is 5.78. The molecule has 3 aliphatic rings. The Bertz CT molecular complexity index is 630. The van der Waals surface area contributed by atoms with Gasteiger partial charge in [-0.15, -0.1) is 0 Å². The van der Waals surface area contributed by atoms with E-state index in [2.05, 4.69) is 27.2 Å². The second kappa shape index (κ2) is 7.45. The predicted molar refractivity (Wildman–Crippen MR) is 101 cm³/mol. The monoisotopic (exact) mass is 359 g/mol. The van der Waals surface area contributed by atoms with Crippen LogP contribution in [-0.2, 0) is 4.79 Å². The number of hydrogen-bond acceptors (Lipinski definition) is 5. The molecule has 4 rings (SSSR count). The van der Waals surface area contributed by atoms with Crippen LogP contribution in [0.3, 0.4) is 0 Å². The maximum atomic E-state index is 11.6. The topological polar surface area (TPSA) is 65.0 Å². The van der Waals surface area contributed by atoms with Gasteiger partial charge in [0.25, 0.3) is 0 Å². The molecule has 1 aromatic rings. The predicted octanol–water partition coefficient (Wildman–Crippen LogP) is 1.95. The number of carboxylic acid groups (broad SMARTS) is 1. The van der Waals surface area contributed by atoms with Crippen LogP contribution in [0.5, 0.6) is 5.75 Å². The number of piperazine rings is 1. The molecule has 3 aliphatic heterocycles. The summed E-state index contributed by atoms with van der Waals surface area (Å²) in [5.41, 5.74) is 0.314. The van der Waals surface area contributed by atoms with Crippen molar-refractivity contribution in [3.05, 3.63) is 24.3 Å². The molecule has 0 amide bonds. The maximum Gasteiger partial charge on any atom is 0.325 e. The number of hydrogen-bond donors (Lipinski definition) is 2. The van der Waals surface area contributed by atoms with E-state index < -0.39 is 11.5 Å². The highest BCUT2D eigenvalue weighted by Gasteiger charge is 2.54. The van der Waals surface area contributed by atoms with Crippen LogP contribution in [0.2, 0.25) is 0 Å². The standard InChI is InChI=1S/C20H29N3O3/c24-19(25)20-13-17(14-21-20)23(15-20)16-5-7-18(8-6-16)26-12-4-11-22-9-2-1-3-10-22/h5-8,17,21H,1-4,9-15H2,(H,24,25). The van der Waals surface area contributed by atoms with E-state index in [4.69, 9.17) is 4.74 Å². The Morgan fingerprint density at radius 2 is 2.00 bits per heavy atom. The van der Waals surface area contributed by atoms with Crippen molar-refractivity contribution in [2.24, 2.45) is 0 Å². The number of aliphatic carboxylic acids is 1. The van der Waals surface area contributed by atoms with E-state index in [9.17, 15) is 9.90 Å². The Morgan fingerprint density at radius 3 is 2.69 bits per heavy atom. The third-order valence-electron chi connectivity index (χ3n) is 6.06. The van der Waals surface area contributed by atoms with Gasteiger partial charge in [0, 0.05) is 31.4 Å². The lowest BCUT2D eigenvalue weighted by Gasteiger charge is -2.32. The van der Waals surface area contributed by atoms with Crippen LogP contribution in [0.1, 0.15) is 32.1 Å². The third kappa shape index (κ3) is 3.53. The summed E-state index contributed by atoms with van der Waals surface area (Å²) in [7, 11) is 0. The van der Waals surface area contributed by atoms with Gasteiger partial charge in [-0.3, -0.25) is 10.1 Å². The molecule has 0 spiro atoms. The Hall–Kier alpha value is -1.79. The molecule has 2 N–H and O–H groups in total. The zero-order valence-electron chi connectivity index (χ0n) is 15.3. The first kappa shape index (κ1) is 17.6. The summed E-state index contributed by atoms with van der Waals surface area (Å²) < 4.78 is 5.88. The fraction of sp³-hybridized carbons (Fsp3) is 0.650. The maximum absolute atomic E-state index is 11.6. The van der Waals surface area contributed by atoms with E-state index in [0.717, 1.165) is 37.6 Å². The molecule has 6 nitrogen and oxygen atoms in total. The van der Waals surface area contributed by atoms with Crippen LogP contribution < -0.4 is 15.0 Å². The molecular formula is C20H29N3O3. The Labute approximate surface area is 155 Å². The number of ether oxygens (including phenoxy) is 1. The summed E-state index contributed by atoms with van der Waals surface area (Å²) in [6.45, 7) is 5.60. The van der Waals surface area contributed by atoms with E-state index in [1.165, 1.54) is 32.4 Å². The number of rotatable bonds is 7. The van der Waals surface area contributed by atoms with E-state index in [1.807, 2.05) is 12.1 Å². The van der Waals surface area contributed by atoms with Crippen molar-refractivity contribution in [2.45, 2.75) is 43.7 Å². The molecular weight excluding hydrogens is 330 g/mol. The van der Waals surface area contributed by atoms with Gasteiger partial charge in [-0.25, -0.2) is 0 Å². The number of fused-ring (bicyclic) bond motifs is 2. The number of nitrogens with zero attached hydrogens (tertiary/aromatic N) is 2. The molecule has 26 heavy (non-hydrogen) atoms. The Kier molecular flexibility index (Phi) is 5.05. The van der Waals surface area contributed by atoms with Gasteiger partial charge in [0.05, 0.1) is 6.61 Å². The summed E-state index contributed by atoms with van der Waals surface area (Å²) in [5, 5.41) is 12.7. The van der Waals surface area contributed by atoms with Crippen molar-refractivity contribution >= 4 is 11.7 Å². The van der Waals surface area contributed by atoms with Gasteiger partial charge in [-0.05, 0) is 63.0 Å². The molecule has 3 heterocycles. The number of carboxylic acids is 1. The first-order valence-electron chi connectivity index (χ1n) is 9.87. The van der Waals surface area contributed by atoms with Crippen molar-refractivity contribution in [3.63, 3.8) is 0 Å². The summed E-state index contributed by atoms with van der Waals surface area (Å²) in [5.74, 6) is 0.152. The zero-order valence-corrected chi connectivity index (χ0v) is 15.3. The highest BCUT2D eigenvalue weighted by atomic mass is 16.5. The Balaban J connectivity index is 1.26. The van der Waals surface area contributed by atoms with E-state index in [0.29, 0.717) is 13.0 Å². The molecule has 0 saturated carbocycles. The van der Waals surface area contributed by atoms with Crippen molar-refractivity contribution in [1.29, 1.82) is 0 Å². The molecule has 3 saturated heterocycles. The first-order chi connectivity index (χ1) is 12.7. The highest BCUT2D eigenvalue weighted by Crippen LogP contribution is 2.36. The second-order valence-electron chi connectivity index (χ2n) is 7.85. The highest BCUT2D eigenvalue weighted by molar-refractivity contribution is 5.82. The van der Waals surface area contributed by atoms with Crippen molar-refractivity contribution in [2.75, 3.05) is 44.2 Å². The number of piperidine rings is 1. The molecule has 2 bridgehead atoms. The SMILES string of the molecule is O=C(O)C12CC(CN1)N(c1ccc(OCCCN3CCCCC3)cc1)C2. The van der Waals surface area contributed by atoms with Crippen LogP contribution >= 0.6 is 0 Å². The quantitative estimate of drug-likeness (QED) is 0.726. The Morgan fingerprint density at radius 1 is 1.23 bits per heavy atom. The minimum atomic E-state index is -0.770. The fourth-order valence-corrected chi connectivity index (χ4v) is 4.55. The van der Waals surface area contributed by atoms with Gasteiger partial charge in [-0.2, -0.15) is 0 Å². The average molecular weight is 359 g/mol. The van der Waals surface area contributed by atoms with E-state index in [1.54, 1.807) is 0 Å². The van der Waals surface area contributed by atoms with Gasteiger partial charge >= 0.3 is 5.97 Å². The minimum absolute atomic E-state index is 0.266. The second-order valence-corrected chi connectivity index (χ2v) is 7.85. The number of nitrogens with one attached hydrogen (secondary N) is 1. The van der Waals surface area contributed by atoms with Crippen LogP contribution in [0.15, 0.2) is 24.3 Å². The lowest BCUT2D eigenvalue weighted by atomic mass is 10.0. The van der Waals surface area contributed by atoms with Gasteiger partial charge < -0.3 is 19.6 Å². The van der Waals surface area contributed by atoms with Gasteiger partial charge in [0.15, 0.2) is 0 Å². The zero-order chi connectivity index (χ0) is 18.0. The third-order valence-corrected chi connectivity index (χ3v) is 6.06.